The zero-order chi connectivity index (χ0) is 12.9. The highest BCUT2D eigenvalue weighted by Gasteiger charge is 2.30. The number of rotatable bonds is 5. The zero-order valence-corrected chi connectivity index (χ0v) is 10.3. The summed E-state index contributed by atoms with van der Waals surface area (Å²) < 4.78 is 42.2. The molecule has 0 aliphatic heterocycles. The molecule has 3 nitrogen and oxygen atoms in total. The van der Waals surface area contributed by atoms with E-state index in [9.17, 15) is 13.2 Å². The predicted molar refractivity (Wildman–Crippen MR) is 65.1 cm³/mol. The summed E-state index contributed by atoms with van der Waals surface area (Å²) in [4.78, 5) is 0. The Kier molecular flexibility index (Phi) is 6.72. The SMILES string of the molecule is Cl.N=C(N)COCCc1cccc(C(F)(F)F)c1. The fourth-order valence-electron chi connectivity index (χ4n) is 1.28. The van der Waals surface area contributed by atoms with Crippen LogP contribution in [-0.4, -0.2) is 19.0 Å². The van der Waals surface area contributed by atoms with Crippen LogP contribution in [0.1, 0.15) is 11.1 Å². The third-order valence-electron chi connectivity index (χ3n) is 2.05. The van der Waals surface area contributed by atoms with Crippen molar-refractivity contribution >= 4 is 18.2 Å². The van der Waals surface area contributed by atoms with Gasteiger partial charge in [0.15, 0.2) is 0 Å². The third-order valence-corrected chi connectivity index (χ3v) is 2.05. The van der Waals surface area contributed by atoms with Crippen molar-refractivity contribution in [3.8, 4) is 0 Å². The summed E-state index contributed by atoms with van der Waals surface area (Å²) in [7, 11) is 0. The Morgan fingerprint density at radius 3 is 2.56 bits per heavy atom. The lowest BCUT2D eigenvalue weighted by Crippen LogP contribution is -2.18. The maximum absolute atomic E-state index is 12.4. The highest BCUT2D eigenvalue weighted by Crippen LogP contribution is 2.29. The highest BCUT2D eigenvalue weighted by atomic mass is 35.5. The van der Waals surface area contributed by atoms with Gasteiger partial charge in [-0.25, -0.2) is 0 Å². The van der Waals surface area contributed by atoms with Crippen molar-refractivity contribution in [1.29, 1.82) is 5.41 Å². The van der Waals surface area contributed by atoms with Crippen LogP contribution in [0, 0.1) is 5.41 Å². The van der Waals surface area contributed by atoms with Gasteiger partial charge in [-0.3, -0.25) is 5.41 Å². The zero-order valence-electron chi connectivity index (χ0n) is 9.46. The van der Waals surface area contributed by atoms with Crippen LogP contribution in [0.3, 0.4) is 0 Å². The van der Waals surface area contributed by atoms with Gasteiger partial charge in [-0.1, -0.05) is 18.2 Å². The lowest BCUT2D eigenvalue weighted by Gasteiger charge is -2.08. The van der Waals surface area contributed by atoms with Crippen molar-refractivity contribution in [3.63, 3.8) is 0 Å². The van der Waals surface area contributed by atoms with Gasteiger partial charge in [-0.2, -0.15) is 13.2 Å². The first-order valence-corrected chi connectivity index (χ1v) is 4.96. The average Bonchev–Trinajstić information content (AvgIpc) is 2.23. The van der Waals surface area contributed by atoms with E-state index in [1.807, 2.05) is 0 Å². The minimum atomic E-state index is -4.32. The Labute approximate surface area is 109 Å². The number of hydrogen-bond donors (Lipinski definition) is 2. The van der Waals surface area contributed by atoms with Gasteiger partial charge >= 0.3 is 6.18 Å². The van der Waals surface area contributed by atoms with E-state index in [0.717, 1.165) is 12.1 Å². The first-order chi connectivity index (χ1) is 7.89. The van der Waals surface area contributed by atoms with E-state index in [1.54, 1.807) is 6.07 Å². The molecule has 0 bridgehead atoms. The number of amidine groups is 1. The largest absolute Gasteiger partial charge is 0.416 e. The number of hydrogen-bond acceptors (Lipinski definition) is 2. The molecule has 0 aliphatic rings. The van der Waals surface area contributed by atoms with Crippen LogP contribution in [0.25, 0.3) is 0 Å². The molecule has 0 radical (unpaired) electrons. The fourth-order valence-corrected chi connectivity index (χ4v) is 1.28. The van der Waals surface area contributed by atoms with Crippen molar-refractivity contribution in [2.24, 2.45) is 5.73 Å². The van der Waals surface area contributed by atoms with Gasteiger partial charge in [0.05, 0.1) is 12.2 Å². The highest BCUT2D eigenvalue weighted by molar-refractivity contribution is 5.85. The molecular formula is C11H14ClF3N2O. The van der Waals surface area contributed by atoms with E-state index in [1.165, 1.54) is 6.07 Å². The Hall–Kier alpha value is -1.27. The smallest absolute Gasteiger partial charge is 0.386 e. The minimum absolute atomic E-state index is 0. The van der Waals surface area contributed by atoms with Gasteiger partial charge in [0.25, 0.3) is 0 Å². The molecule has 1 aromatic carbocycles. The second-order valence-corrected chi connectivity index (χ2v) is 3.53. The van der Waals surface area contributed by atoms with Gasteiger partial charge in [0.1, 0.15) is 12.4 Å². The molecule has 1 rings (SSSR count). The van der Waals surface area contributed by atoms with Crippen molar-refractivity contribution < 1.29 is 17.9 Å². The summed E-state index contributed by atoms with van der Waals surface area (Å²) >= 11 is 0. The number of nitrogens with two attached hydrogens (primary N) is 1. The van der Waals surface area contributed by atoms with E-state index >= 15 is 0 Å². The molecule has 0 amide bonds. The fraction of sp³-hybridized carbons (Fsp3) is 0.364. The molecule has 7 heteroatoms. The predicted octanol–water partition coefficient (Wildman–Crippen LogP) is 2.62. The third kappa shape index (κ3) is 5.88. The standard InChI is InChI=1S/C11H13F3N2O.ClH/c12-11(13,14)9-3-1-2-8(6-9)4-5-17-7-10(15)16;/h1-3,6H,4-5,7H2,(H3,15,16);1H. The molecule has 102 valence electrons. The lowest BCUT2D eigenvalue weighted by atomic mass is 10.1. The van der Waals surface area contributed by atoms with E-state index in [4.69, 9.17) is 15.9 Å². The van der Waals surface area contributed by atoms with E-state index in [2.05, 4.69) is 0 Å². The van der Waals surface area contributed by atoms with Gasteiger partial charge in [0, 0.05) is 0 Å². The molecule has 3 N–H and O–H groups in total. The molecule has 0 heterocycles. The maximum atomic E-state index is 12.4. The first-order valence-electron chi connectivity index (χ1n) is 4.96. The number of halogens is 4. The maximum Gasteiger partial charge on any atom is 0.416 e. The summed E-state index contributed by atoms with van der Waals surface area (Å²) in [6.07, 6.45) is -3.96. The Bertz CT molecular complexity index is 396. The van der Waals surface area contributed by atoms with Gasteiger partial charge in [-0.15, -0.1) is 12.4 Å². The molecule has 0 unspecified atom stereocenters. The van der Waals surface area contributed by atoms with Crippen molar-refractivity contribution in [2.45, 2.75) is 12.6 Å². The van der Waals surface area contributed by atoms with Gasteiger partial charge in [-0.05, 0) is 18.1 Å². The summed E-state index contributed by atoms with van der Waals surface area (Å²) in [6.45, 7) is 0.236. The molecule has 0 saturated heterocycles. The van der Waals surface area contributed by atoms with Crippen LogP contribution in [0.5, 0.6) is 0 Å². The van der Waals surface area contributed by atoms with Crippen LogP contribution >= 0.6 is 12.4 Å². The summed E-state index contributed by atoms with van der Waals surface area (Å²) in [5.74, 6) is -0.103. The lowest BCUT2D eigenvalue weighted by molar-refractivity contribution is -0.137. The van der Waals surface area contributed by atoms with Crippen LogP contribution in [0.2, 0.25) is 0 Å². The van der Waals surface area contributed by atoms with Crippen molar-refractivity contribution in [2.75, 3.05) is 13.2 Å². The summed E-state index contributed by atoms with van der Waals surface area (Å²) in [5.41, 5.74) is 4.94. The average molecular weight is 283 g/mol. The molecule has 0 spiro atoms. The molecule has 0 aromatic heterocycles. The molecule has 18 heavy (non-hydrogen) atoms. The monoisotopic (exact) mass is 282 g/mol. The van der Waals surface area contributed by atoms with Gasteiger partial charge in [0.2, 0.25) is 0 Å². The summed E-state index contributed by atoms with van der Waals surface area (Å²) in [6, 6.07) is 5.09. The normalized spacial score (nSPS) is 10.8. The number of alkyl halides is 3. The number of nitrogens with one attached hydrogen (secondary N) is 1. The molecule has 0 atom stereocenters. The Morgan fingerprint density at radius 2 is 2.00 bits per heavy atom. The van der Waals surface area contributed by atoms with Crippen LogP contribution in [0.4, 0.5) is 13.2 Å². The topological polar surface area (TPSA) is 59.1 Å². The van der Waals surface area contributed by atoms with Crippen LogP contribution < -0.4 is 5.73 Å². The second kappa shape index (κ2) is 7.23. The van der Waals surface area contributed by atoms with E-state index in [-0.39, 0.29) is 31.5 Å². The summed E-state index contributed by atoms with van der Waals surface area (Å²) in [5, 5.41) is 6.90. The Balaban J connectivity index is 0.00000289. The van der Waals surface area contributed by atoms with E-state index < -0.39 is 11.7 Å². The molecule has 0 fully saturated rings. The molecule has 1 aromatic rings. The van der Waals surface area contributed by atoms with E-state index in [0.29, 0.717) is 12.0 Å². The van der Waals surface area contributed by atoms with Crippen molar-refractivity contribution in [3.05, 3.63) is 35.4 Å². The van der Waals surface area contributed by atoms with Crippen molar-refractivity contribution in [1.82, 2.24) is 0 Å². The minimum Gasteiger partial charge on any atom is -0.386 e. The quantitative estimate of drug-likeness (QED) is 0.495. The first kappa shape index (κ1) is 16.7. The number of ether oxygens (including phenoxy) is 1. The van der Waals surface area contributed by atoms with Gasteiger partial charge < -0.3 is 10.5 Å². The van der Waals surface area contributed by atoms with Crippen LogP contribution in [-0.2, 0) is 17.3 Å². The molecular weight excluding hydrogens is 269 g/mol. The second-order valence-electron chi connectivity index (χ2n) is 3.53. The van der Waals surface area contributed by atoms with Crippen LogP contribution in [0.15, 0.2) is 24.3 Å². The Morgan fingerprint density at radius 1 is 1.33 bits per heavy atom. The molecule has 0 saturated carbocycles. The number of benzene rings is 1. The molecule has 0 aliphatic carbocycles.